The van der Waals surface area contributed by atoms with Gasteiger partial charge in [0.15, 0.2) is 0 Å². The Morgan fingerprint density at radius 1 is 1.11 bits per heavy atom. The number of fused-ring (bicyclic) bond motifs is 1. The Bertz CT molecular complexity index is 531. The van der Waals surface area contributed by atoms with Gasteiger partial charge in [0.1, 0.15) is 0 Å². The summed E-state index contributed by atoms with van der Waals surface area (Å²) in [6, 6.07) is 5.76. The smallest absolute Gasteiger partial charge is 0.237 e. The van der Waals surface area contributed by atoms with Gasteiger partial charge in [0.25, 0.3) is 0 Å². The highest BCUT2D eigenvalue weighted by Gasteiger charge is 2.49. The van der Waals surface area contributed by atoms with Crippen molar-refractivity contribution >= 4 is 33.4 Å². The second kappa shape index (κ2) is 4.75. The van der Waals surface area contributed by atoms with Crippen molar-refractivity contribution in [2.75, 3.05) is 4.90 Å². The maximum atomic E-state index is 12.5. The van der Waals surface area contributed by atoms with Crippen molar-refractivity contribution in [2.45, 2.75) is 32.6 Å². The maximum Gasteiger partial charge on any atom is 0.237 e. The quantitative estimate of drug-likeness (QED) is 0.743. The monoisotopic (exact) mass is 321 g/mol. The van der Waals surface area contributed by atoms with Crippen LogP contribution in [-0.2, 0) is 9.59 Å². The van der Waals surface area contributed by atoms with E-state index < -0.39 is 0 Å². The van der Waals surface area contributed by atoms with Gasteiger partial charge in [-0.05, 0) is 53.4 Å². The van der Waals surface area contributed by atoms with E-state index in [1.165, 1.54) is 4.90 Å². The Morgan fingerprint density at radius 3 is 2.26 bits per heavy atom. The van der Waals surface area contributed by atoms with Crippen LogP contribution in [0.5, 0.6) is 0 Å². The predicted molar refractivity (Wildman–Crippen MR) is 76.8 cm³/mol. The molecule has 1 aromatic rings. The average Bonchev–Trinajstić information content (AvgIpc) is 2.66. The first kappa shape index (κ1) is 12.9. The van der Waals surface area contributed by atoms with Crippen molar-refractivity contribution in [1.82, 2.24) is 0 Å². The van der Waals surface area contributed by atoms with Crippen LogP contribution in [0.15, 0.2) is 22.7 Å². The van der Waals surface area contributed by atoms with E-state index in [0.29, 0.717) is 5.69 Å². The van der Waals surface area contributed by atoms with Crippen LogP contribution in [-0.4, -0.2) is 11.8 Å². The number of amides is 2. The summed E-state index contributed by atoms with van der Waals surface area (Å²) in [5.74, 6) is -0.204. The molecule has 0 aromatic heterocycles. The predicted octanol–water partition coefficient (Wildman–Crippen LogP) is 3.44. The maximum absolute atomic E-state index is 12.5. The third-order valence-electron chi connectivity index (χ3n) is 4.18. The van der Waals surface area contributed by atoms with Crippen LogP contribution in [0, 0.1) is 18.8 Å². The molecule has 0 radical (unpaired) electrons. The van der Waals surface area contributed by atoms with Crippen molar-refractivity contribution in [3.05, 3.63) is 28.2 Å². The van der Waals surface area contributed by atoms with Crippen molar-refractivity contribution in [2.24, 2.45) is 11.8 Å². The lowest BCUT2D eigenvalue weighted by atomic mass is 9.81. The van der Waals surface area contributed by atoms with E-state index in [1.54, 1.807) is 0 Å². The number of hydrogen-bond donors (Lipinski definition) is 0. The molecule has 1 saturated carbocycles. The molecule has 19 heavy (non-hydrogen) atoms. The molecule has 3 rings (SSSR count). The highest BCUT2D eigenvalue weighted by Crippen LogP contribution is 2.41. The minimum atomic E-state index is -0.0892. The lowest BCUT2D eigenvalue weighted by Crippen LogP contribution is -2.31. The molecular weight excluding hydrogens is 306 g/mol. The first-order valence-corrected chi connectivity index (χ1v) is 7.53. The van der Waals surface area contributed by atoms with E-state index in [9.17, 15) is 9.59 Å². The number of rotatable bonds is 1. The fourth-order valence-corrected chi connectivity index (χ4v) is 3.62. The Kier molecular flexibility index (Phi) is 3.21. The van der Waals surface area contributed by atoms with Gasteiger partial charge < -0.3 is 0 Å². The molecule has 2 aliphatic rings. The molecule has 4 heteroatoms. The molecule has 1 saturated heterocycles. The van der Waals surface area contributed by atoms with E-state index in [2.05, 4.69) is 15.9 Å². The molecule has 1 aliphatic heterocycles. The first-order valence-electron chi connectivity index (χ1n) is 6.73. The van der Waals surface area contributed by atoms with Gasteiger partial charge >= 0.3 is 0 Å². The second-order valence-electron chi connectivity index (χ2n) is 5.46. The minimum absolute atomic E-state index is 0.0130. The van der Waals surface area contributed by atoms with Crippen LogP contribution >= 0.6 is 15.9 Å². The normalized spacial score (nSPS) is 26.7. The van der Waals surface area contributed by atoms with Crippen LogP contribution in [0.2, 0.25) is 0 Å². The van der Waals surface area contributed by atoms with Gasteiger partial charge in [0.05, 0.1) is 17.5 Å². The van der Waals surface area contributed by atoms with Crippen LogP contribution in [0.3, 0.4) is 0 Å². The lowest BCUT2D eigenvalue weighted by molar-refractivity contribution is -0.122. The molecule has 0 bridgehead atoms. The van der Waals surface area contributed by atoms with E-state index in [4.69, 9.17) is 0 Å². The topological polar surface area (TPSA) is 37.4 Å². The molecule has 2 atom stereocenters. The Morgan fingerprint density at radius 2 is 1.68 bits per heavy atom. The minimum Gasteiger partial charge on any atom is -0.274 e. The van der Waals surface area contributed by atoms with Gasteiger partial charge in [-0.25, -0.2) is 4.90 Å². The van der Waals surface area contributed by atoms with Crippen molar-refractivity contribution in [1.29, 1.82) is 0 Å². The number of nitrogens with zero attached hydrogens (tertiary/aromatic N) is 1. The first-order chi connectivity index (χ1) is 9.09. The molecule has 0 N–H and O–H groups in total. The number of hydrogen-bond acceptors (Lipinski definition) is 2. The summed E-state index contributed by atoms with van der Waals surface area (Å²) in [5, 5.41) is 0. The summed E-state index contributed by atoms with van der Waals surface area (Å²) in [6.45, 7) is 1.97. The number of aryl methyl sites for hydroxylation is 1. The summed E-state index contributed by atoms with van der Waals surface area (Å²) in [5.41, 5.74) is 1.75. The van der Waals surface area contributed by atoms with E-state index in [-0.39, 0.29) is 23.7 Å². The van der Waals surface area contributed by atoms with Gasteiger partial charge in [-0.15, -0.1) is 0 Å². The summed E-state index contributed by atoms with van der Waals surface area (Å²) < 4.78 is 0.804. The van der Waals surface area contributed by atoms with Crippen molar-refractivity contribution < 1.29 is 9.59 Å². The van der Waals surface area contributed by atoms with Gasteiger partial charge in [-0.3, -0.25) is 9.59 Å². The largest absolute Gasteiger partial charge is 0.274 e. The molecule has 2 unspecified atom stereocenters. The van der Waals surface area contributed by atoms with Crippen LogP contribution in [0.25, 0.3) is 0 Å². The van der Waals surface area contributed by atoms with E-state index in [1.807, 2.05) is 25.1 Å². The fourth-order valence-electron chi connectivity index (χ4n) is 3.19. The highest BCUT2D eigenvalue weighted by molar-refractivity contribution is 9.10. The van der Waals surface area contributed by atoms with E-state index in [0.717, 1.165) is 35.7 Å². The molecule has 2 fully saturated rings. The molecule has 1 aromatic carbocycles. The zero-order valence-electron chi connectivity index (χ0n) is 10.9. The van der Waals surface area contributed by atoms with E-state index >= 15 is 0 Å². The van der Waals surface area contributed by atoms with Crippen molar-refractivity contribution in [3.8, 4) is 0 Å². The van der Waals surface area contributed by atoms with Crippen molar-refractivity contribution in [3.63, 3.8) is 0 Å². The second-order valence-corrected chi connectivity index (χ2v) is 6.32. The third kappa shape index (κ3) is 2.02. The highest BCUT2D eigenvalue weighted by atomic mass is 79.9. The van der Waals surface area contributed by atoms with Crippen LogP contribution in [0.1, 0.15) is 31.2 Å². The van der Waals surface area contributed by atoms with Gasteiger partial charge in [0.2, 0.25) is 11.8 Å². The molecule has 100 valence electrons. The summed E-state index contributed by atoms with van der Waals surface area (Å²) in [4.78, 5) is 26.4. The number of imide groups is 1. The number of benzene rings is 1. The summed E-state index contributed by atoms with van der Waals surface area (Å²) in [7, 11) is 0. The Hall–Kier alpha value is -1.16. The zero-order valence-corrected chi connectivity index (χ0v) is 12.4. The fraction of sp³-hybridized carbons (Fsp3) is 0.467. The SMILES string of the molecule is Cc1ccc(Br)c(N2C(=O)C3CCCCC3C2=O)c1. The summed E-state index contributed by atoms with van der Waals surface area (Å²) in [6.07, 6.45) is 3.83. The molecule has 1 heterocycles. The zero-order chi connectivity index (χ0) is 13.6. The molecule has 2 amide bonds. The molecule has 3 nitrogen and oxygen atoms in total. The van der Waals surface area contributed by atoms with Gasteiger partial charge in [0, 0.05) is 4.47 Å². The van der Waals surface area contributed by atoms with Gasteiger partial charge in [-0.1, -0.05) is 18.9 Å². The number of halogens is 1. The number of carbonyl (C=O) groups excluding carboxylic acids is 2. The molecule has 0 spiro atoms. The summed E-state index contributed by atoms with van der Waals surface area (Å²) >= 11 is 3.45. The standard InChI is InChI=1S/C15H16BrNO2/c1-9-6-7-12(16)13(8-9)17-14(18)10-4-2-3-5-11(10)15(17)19/h6-8,10-11H,2-5H2,1H3. The Balaban J connectivity index is 2.03. The van der Waals surface area contributed by atoms with Gasteiger partial charge in [-0.2, -0.15) is 0 Å². The molecule has 1 aliphatic carbocycles. The third-order valence-corrected chi connectivity index (χ3v) is 4.85. The number of anilines is 1. The van der Waals surface area contributed by atoms with Crippen LogP contribution in [0.4, 0.5) is 5.69 Å². The average molecular weight is 322 g/mol. The number of carbonyl (C=O) groups is 2. The molecular formula is C15H16BrNO2. The lowest BCUT2D eigenvalue weighted by Gasteiger charge is -2.19. The van der Waals surface area contributed by atoms with Crippen LogP contribution < -0.4 is 4.90 Å². The Labute approximate surface area is 121 Å².